The molecule has 16 heavy (non-hydrogen) atoms. The number of unbranched alkanes of at least 4 members (excludes halogenated alkanes) is 7. The third-order valence-electron chi connectivity index (χ3n) is 2.89. The van der Waals surface area contributed by atoms with Crippen LogP contribution in [0, 0.1) is 5.92 Å². The molecule has 0 fully saturated rings. The van der Waals surface area contributed by atoms with Gasteiger partial charge in [0.15, 0.2) is 0 Å². The molecule has 0 aromatic heterocycles. The van der Waals surface area contributed by atoms with Crippen molar-refractivity contribution in [2.24, 2.45) is 5.92 Å². The molecular weight excluding hydrogens is 211 g/mol. The predicted octanol–water partition coefficient (Wildman–Crippen LogP) is -0.0928. The van der Waals surface area contributed by atoms with E-state index in [4.69, 9.17) is 0 Å². The molecule has 0 heterocycles. The van der Waals surface area contributed by atoms with Crippen LogP contribution in [-0.4, -0.2) is 5.97 Å². The van der Waals surface area contributed by atoms with Crippen LogP contribution in [0.25, 0.3) is 0 Å². The molecule has 0 N–H and O–H groups in total. The Bertz CT molecular complexity index is 160. The molecule has 0 radical (unpaired) electrons. The van der Waals surface area contributed by atoms with Gasteiger partial charge >= 0.3 is 29.6 Å². The zero-order valence-corrected chi connectivity index (χ0v) is 13.3. The summed E-state index contributed by atoms with van der Waals surface area (Å²) in [5, 5.41) is 10.4. The Morgan fingerprint density at radius 2 is 1.44 bits per heavy atom. The second kappa shape index (κ2) is 13.5. The topological polar surface area (TPSA) is 40.1 Å². The number of rotatable bonds is 10. The van der Waals surface area contributed by atoms with Gasteiger partial charge in [-0.2, -0.15) is 0 Å². The van der Waals surface area contributed by atoms with E-state index in [9.17, 15) is 9.90 Å². The molecule has 0 aromatic rings. The summed E-state index contributed by atoms with van der Waals surface area (Å²) in [6.07, 6.45) is 10.9. The maximum absolute atomic E-state index is 10.4. The zero-order chi connectivity index (χ0) is 11.5. The Morgan fingerprint density at radius 1 is 1.00 bits per heavy atom. The first-order valence-electron chi connectivity index (χ1n) is 6.39. The van der Waals surface area contributed by atoms with Gasteiger partial charge in [-0.1, -0.05) is 65.2 Å². The van der Waals surface area contributed by atoms with E-state index in [1.165, 1.54) is 44.9 Å². The largest absolute Gasteiger partial charge is 1.00 e. The van der Waals surface area contributed by atoms with E-state index >= 15 is 0 Å². The molecule has 0 bridgehead atoms. The van der Waals surface area contributed by atoms with Crippen molar-refractivity contribution in [2.45, 2.75) is 71.6 Å². The fraction of sp³-hybridized carbons (Fsp3) is 0.923. The number of aliphatic carboxylic acids is 1. The van der Waals surface area contributed by atoms with Gasteiger partial charge < -0.3 is 9.90 Å². The van der Waals surface area contributed by atoms with Gasteiger partial charge in [-0.05, 0) is 12.3 Å². The monoisotopic (exact) mass is 236 g/mol. The standard InChI is InChI=1S/C13H26O2.Na/c1-3-4-5-6-7-8-9-10-11-12(2)13(14)15;/h12H,3-11H2,1-2H3,(H,14,15);/q;+1/p-1. The second-order valence-electron chi connectivity index (χ2n) is 4.48. The quantitative estimate of drug-likeness (QED) is 0.393. The summed E-state index contributed by atoms with van der Waals surface area (Å²) in [6.45, 7) is 3.96. The number of hydrogen-bond donors (Lipinski definition) is 0. The van der Waals surface area contributed by atoms with E-state index in [0.29, 0.717) is 0 Å². The van der Waals surface area contributed by atoms with Crippen LogP contribution in [-0.2, 0) is 4.79 Å². The summed E-state index contributed by atoms with van der Waals surface area (Å²) in [5.74, 6) is -1.18. The van der Waals surface area contributed by atoms with Crippen LogP contribution in [0.4, 0.5) is 0 Å². The molecule has 1 atom stereocenters. The van der Waals surface area contributed by atoms with Gasteiger partial charge in [-0.15, -0.1) is 0 Å². The number of carboxylic acid groups (broad SMARTS) is 1. The molecule has 0 aromatic carbocycles. The minimum absolute atomic E-state index is 0. The van der Waals surface area contributed by atoms with Gasteiger partial charge in [0, 0.05) is 5.97 Å². The smallest absolute Gasteiger partial charge is 0.550 e. The van der Waals surface area contributed by atoms with Crippen LogP contribution in [0.3, 0.4) is 0 Å². The van der Waals surface area contributed by atoms with Gasteiger partial charge in [-0.3, -0.25) is 0 Å². The summed E-state index contributed by atoms with van der Waals surface area (Å²) < 4.78 is 0. The van der Waals surface area contributed by atoms with Gasteiger partial charge in [0.2, 0.25) is 0 Å². The van der Waals surface area contributed by atoms with Crippen molar-refractivity contribution in [1.29, 1.82) is 0 Å². The molecule has 0 aliphatic rings. The normalized spacial score (nSPS) is 11.9. The van der Waals surface area contributed by atoms with Gasteiger partial charge in [0.25, 0.3) is 0 Å². The average molecular weight is 236 g/mol. The van der Waals surface area contributed by atoms with E-state index in [-0.39, 0.29) is 35.5 Å². The van der Waals surface area contributed by atoms with Crippen LogP contribution in [0.15, 0.2) is 0 Å². The summed E-state index contributed by atoms with van der Waals surface area (Å²) >= 11 is 0. The fourth-order valence-electron chi connectivity index (χ4n) is 1.70. The van der Waals surface area contributed by atoms with Crippen LogP contribution in [0.5, 0.6) is 0 Å². The van der Waals surface area contributed by atoms with Crippen LogP contribution < -0.4 is 34.7 Å². The summed E-state index contributed by atoms with van der Waals surface area (Å²) in [7, 11) is 0. The van der Waals surface area contributed by atoms with Crippen LogP contribution in [0.2, 0.25) is 0 Å². The first kappa shape index (κ1) is 18.8. The molecule has 3 heteroatoms. The van der Waals surface area contributed by atoms with Crippen molar-refractivity contribution >= 4 is 5.97 Å². The van der Waals surface area contributed by atoms with Gasteiger partial charge in [-0.25, -0.2) is 0 Å². The van der Waals surface area contributed by atoms with E-state index in [1.54, 1.807) is 6.92 Å². The first-order valence-corrected chi connectivity index (χ1v) is 6.39. The maximum atomic E-state index is 10.4. The summed E-state index contributed by atoms with van der Waals surface area (Å²) in [5.41, 5.74) is 0. The number of carbonyl (C=O) groups excluding carboxylic acids is 1. The summed E-state index contributed by atoms with van der Waals surface area (Å²) in [4.78, 5) is 10.4. The Labute approximate surface area is 122 Å². The molecular formula is C13H25NaO2. The first-order chi connectivity index (χ1) is 7.18. The maximum Gasteiger partial charge on any atom is 1.00 e. The van der Waals surface area contributed by atoms with Crippen molar-refractivity contribution in [3.8, 4) is 0 Å². The SMILES string of the molecule is CCCCCCCCCCC(C)C(=O)[O-].[Na+]. The van der Waals surface area contributed by atoms with E-state index in [0.717, 1.165) is 12.8 Å². The van der Waals surface area contributed by atoms with Crippen molar-refractivity contribution in [3.63, 3.8) is 0 Å². The molecule has 0 saturated carbocycles. The second-order valence-corrected chi connectivity index (χ2v) is 4.48. The Kier molecular flexibility index (Phi) is 15.9. The van der Waals surface area contributed by atoms with Crippen molar-refractivity contribution in [3.05, 3.63) is 0 Å². The number of carbonyl (C=O) groups is 1. The minimum Gasteiger partial charge on any atom is -0.550 e. The van der Waals surface area contributed by atoms with Crippen molar-refractivity contribution in [2.75, 3.05) is 0 Å². The Morgan fingerprint density at radius 3 is 1.88 bits per heavy atom. The predicted molar refractivity (Wildman–Crippen MR) is 61.4 cm³/mol. The molecule has 0 saturated heterocycles. The Balaban J connectivity index is 0. The van der Waals surface area contributed by atoms with Crippen LogP contribution in [0.1, 0.15) is 71.6 Å². The van der Waals surface area contributed by atoms with E-state index in [2.05, 4.69) is 6.92 Å². The van der Waals surface area contributed by atoms with Gasteiger partial charge in [0.05, 0.1) is 0 Å². The van der Waals surface area contributed by atoms with Crippen LogP contribution >= 0.6 is 0 Å². The number of hydrogen-bond acceptors (Lipinski definition) is 2. The average Bonchev–Trinajstić information content (AvgIpc) is 2.21. The molecule has 0 aliphatic heterocycles. The molecule has 0 spiro atoms. The molecule has 0 rings (SSSR count). The number of carboxylic acids is 1. The molecule has 90 valence electrons. The fourth-order valence-corrected chi connectivity index (χ4v) is 1.70. The van der Waals surface area contributed by atoms with Gasteiger partial charge in [0.1, 0.15) is 0 Å². The van der Waals surface area contributed by atoms with Crippen molar-refractivity contribution < 1.29 is 39.5 Å². The third-order valence-corrected chi connectivity index (χ3v) is 2.89. The summed E-state index contributed by atoms with van der Waals surface area (Å²) in [6, 6.07) is 0. The van der Waals surface area contributed by atoms with E-state index in [1.807, 2.05) is 0 Å². The Hall–Kier alpha value is 0.470. The molecule has 0 aliphatic carbocycles. The molecule has 1 unspecified atom stereocenters. The van der Waals surface area contributed by atoms with Crippen molar-refractivity contribution in [1.82, 2.24) is 0 Å². The third kappa shape index (κ3) is 12.5. The zero-order valence-electron chi connectivity index (χ0n) is 11.3. The van der Waals surface area contributed by atoms with E-state index < -0.39 is 5.97 Å². The molecule has 2 nitrogen and oxygen atoms in total. The minimum atomic E-state index is -0.905. The molecule has 0 amide bonds.